The number of aromatic nitrogens is 4. The van der Waals surface area contributed by atoms with E-state index in [1.807, 2.05) is 18.7 Å². The second kappa shape index (κ2) is 11.3. The second-order valence-electron chi connectivity index (χ2n) is 11.5. The number of rotatable bonds is 8. The average Bonchev–Trinajstić information content (AvgIpc) is 3.40. The summed E-state index contributed by atoms with van der Waals surface area (Å²) in [5.74, 6) is -0.101. The molecule has 2 aliphatic heterocycles. The third-order valence-electron chi connectivity index (χ3n) is 8.04. The Hall–Kier alpha value is -3.26. The number of hydrogen-bond donors (Lipinski definition) is 1. The smallest absolute Gasteiger partial charge is 0.291 e. The first kappa shape index (κ1) is 29.8. The molecule has 16 heteroatoms. The molecule has 0 spiro atoms. The zero-order valence-corrected chi connectivity index (χ0v) is 25.4. The summed E-state index contributed by atoms with van der Waals surface area (Å²) in [6.07, 6.45) is 0.000944. The van der Waals surface area contributed by atoms with Gasteiger partial charge in [0.15, 0.2) is 16.2 Å². The van der Waals surface area contributed by atoms with Crippen LogP contribution >= 0.6 is 11.3 Å². The minimum atomic E-state index is -4.16. The van der Waals surface area contributed by atoms with E-state index in [1.165, 1.54) is 6.07 Å². The van der Waals surface area contributed by atoms with Gasteiger partial charge in [0, 0.05) is 44.1 Å². The van der Waals surface area contributed by atoms with Gasteiger partial charge >= 0.3 is 0 Å². The number of piperazine rings is 1. The molecule has 1 N–H and O–H groups in total. The Labute approximate surface area is 251 Å². The highest BCUT2D eigenvalue weighted by Gasteiger charge is 2.47. The van der Waals surface area contributed by atoms with Gasteiger partial charge in [0.25, 0.3) is 6.43 Å². The molecular weight excluding hydrogens is 602 g/mol. The average molecular weight is 635 g/mol. The summed E-state index contributed by atoms with van der Waals surface area (Å²) in [5.41, 5.74) is 0.218. The molecule has 0 radical (unpaired) electrons. The third-order valence-corrected chi connectivity index (χ3v) is 10.5. The molecule has 1 saturated carbocycles. The van der Waals surface area contributed by atoms with Crippen molar-refractivity contribution in [3.05, 3.63) is 17.1 Å². The number of amides is 1. The van der Waals surface area contributed by atoms with E-state index in [4.69, 9.17) is 9.84 Å². The van der Waals surface area contributed by atoms with E-state index in [1.54, 1.807) is 15.6 Å². The summed E-state index contributed by atoms with van der Waals surface area (Å²) in [5, 5.41) is 22.1. The summed E-state index contributed by atoms with van der Waals surface area (Å²) in [6.45, 7) is 5.99. The third kappa shape index (κ3) is 5.70. The van der Waals surface area contributed by atoms with Gasteiger partial charge in [0.2, 0.25) is 15.9 Å². The lowest BCUT2D eigenvalue weighted by Gasteiger charge is -2.37. The minimum absolute atomic E-state index is 0.0469. The number of benzene rings is 1. The topological polar surface area (TPSA) is 146 Å². The van der Waals surface area contributed by atoms with Crippen LogP contribution in [0.2, 0.25) is 0 Å². The summed E-state index contributed by atoms with van der Waals surface area (Å²) in [4.78, 5) is 16.4. The minimum Gasteiger partial charge on any atom is -0.366 e. The summed E-state index contributed by atoms with van der Waals surface area (Å²) >= 11 is 0.699. The highest BCUT2D eigenvalue weighted by Crippen LogP contribution is 2.42. The van der Waals surface area contributed by atoms with E-state index < -0.39 is 33.2 Å². The zero-order chi connectivity index (χ0) is 30.5. The van der Waals surface area contributed by atoms with Crippen LogP contribution in [-0.4, -0.2) is 77.5 Å². The lowest BCUT2D eigenvalue weighted by molar-refractivity contribution is -0.134. The van der Waals surface area contributed by atoms with Crippen molar-refractivity contribution < 1.29 is 26.7 Å². The van der Waals surface area contributed by atoms with Crippen LogP contribution in [-0.2, 0) is 19.6 Å². The number of carbonyl (C=O) groups excluding carboxylic acids is 1. The van der Waals surface area contributed by atoms with Crippen LogP contribution in [0.5, 0.6) is 0 Å². The van der Waals surface area contributed by atoms with Gasteiger partial charge in [-0.1, -0.05) is 25.2 Å². The van der Waals surface area contributed by atoms with Crippen LogP contribution in [0.15, 0.2) is 17.0 Å². The number of halogens is 2. The van der Waals surface area contributed by atoms with Crippen LogP contribution in [0.3, 0.4) is 0 Å². The van der Waals surface area contributed by atoms with Crippen molar-refractivity contribution in [2.75, 3.05) is 37.7 Å². The molecule has 3 aromatic rings. The number of carbonyl (C=O) groups is 1. The van der Waals surface area contributed by atoms with Gasteiger partial charge in [-0.3, -0.25) is 4.79 Å². The summed E-state index contributed by atoms with van der Waals surface area (Å²) in [7, 11) is -4.16. The number of nitrogens with one attached hydrogen (secondary N) is 1. The maximum atomic E-state index is 13.7. The molecule has 1 amide bonds. The van der Waals surface area contributed by atoms with Gasteiger partial charge < -0.3 is 14.5 Å². The second-order valence-corrected chi connectivity index (χ2v) is 14.2. The van der Waals surface area contributed by atoms with Crippen LogP contribution in [0.1, 0.15) is 63.6 Å². The Balaban J connectivity index is 1.52. The van der Waals surface area contributed by atoms with Crippen molar-refractivity contribution in [1.29, 1.82) is 5.26 Å². The molecule has 1 aliphatic carbocycles. The van der Waals surface area contributed by atoms with Gasteiger partial charge in [-0.05, 0) is 44.2 Å². The molecule has 230 valence electrons. The van der Waals surface area contributed by atoms with E-state index in [-0.39, 0.29) is 27.4 Å². The van der Waals surface area contributed by atoms with Crippen LogP contribution in [0, 0.1) is 17.2 Å². The first-order valence-corrected chi connectivity index (χ1v) is 16.6. The highest BCUT2D eigenvalue weighted by molar-refractivity contribution is 7.89. The number of hydrogen-bond acceptors (Lipinski definition) is 10. The predicted octanol–water partition coefficient (Wildman–Crippen LogP) is 3.83. The van der Waals surface area contributed by atoms with Crippen LogP contribution in [0.4, 0.5) is 14.5 Å². The largest absolute Gasteiger partial charge is 0.366 e. The number of ether oxygens (including phenoxy) is 1. The number of sulfonamides is 1. The Morgan fingerprint density at radius 3 is 2.51 bits per heavy atom. The summed E-state index contributed by atoms with van der Waals surface area (Å²) in [6, 6.07) is 5.08. The lowest BCUT2D eigenvalue weighted by atomic mass is 10.1. The molecule has 1 atom stereocenters. The molecule has 0 bridgehead atoms. The van der Waals surface area contributed by atoms with Gasteiger partial charge in [0.05, 0.1) is 22.2 Å². The molecular formula is C27H32F2N8O4S2. The Bertz CT molecular complexity index is 1680. The molecule has 2 saturated heterocycles. The van der Waals surface area contributed by atoms with Crippen molar-refractivity contribution in [3.63, 3.8) is 0 Å². The number of fused-ring (bicyclic) bond motifs is 1. The molecule has 2 aromatic heterocycles. The lowest BCUT2D eigenvalue weighted by Crippen LogP contribution is -2.50. The molecule has 43 heavy (non-hydrogen) atoms. The van der Waals surface area contributed by atoms with Gasteiger partial charge in [-0.15, -0.1) is 10.2 Å². The highest BCUT2D eigenvalue weighted by atomic mass is 32.2. The summed E-state index contributed by atoms with van der Waals surface area (Å²) < 4.78 is 64.7. The molecule has 3 fully saturated rings. The van der Waals surface area contributed by atoms with Crippen LogP contribution in [0.25, 0.3) is 21.6 Å². The normalized spacial score (nSPS) is 20.6. The fraction of sp³-hybridized carbons (Fsp3) is 0.593. The van der Waals surface area contributed by atoms with Gasteiger partial charge in [-0.25, -0.2) is 21.9 Å². The fourth-order valence-electron chi connectivity index (χ4n) is 5.53. The number of nitriles is 1. The number of anilines is 1. The molecule has 3 aliphatic rings. The maximum absolute atomic E-state index is 13.7. The van der Waals surface area contributed by atoms with Crippen molar-refractivity contribution in [3.8, 4) is 16.8 Å². The Morgan fingerprint density at radius 1 is 1.19 bits per heavy atom. The molecule has 4 heterocycles. The molecule has 1 unspecified atom stereocenters. The standard InChI is InChI=1S/C27H32F2N8O4S2/c1-16(2)26(38)36-10-8-35(9-11-36)19-14-17(43(39,40)34-27(15-30)6-7-27)13-18-21(24-31-32-25(42-24)23(28)29)33-37(22(18)19)20-5-3-4-12-41-20/h13-14,16,20,23,34H,3-12H2,1-2H3. The SMILES string of the molecule is CC(C)C(=O)N1CCN(c2cc(S(=O)(=O)NC3(C#N)CC3)cc3c(-c4nnc(C(F)F)s4)nn(C4CCCCO4)c23)CC1. The van der Waals surface area contributed by atoms with E-state index in [9.17, 15) is 27.3 Å². The van der Waals surface area contributed by atoms with Crippen LogP contribution < -0.4 is 9.62 Å². The first-order valence-electron chi connectivity index (χ1n) is 14.3. The molecule has 6 rings (SSSR count). The van der Waals surface area contributed by atoms with Crippen molar-refractivity contribution >= 4 is 43.9 Å². The predicted molar refractivity (Wildman–Crippen MR) is 154 cm³/mol. The zero-order valence-electron chi connectivity index (χ0n) is 23.8. The van der Waals surface area contributed by atoms with E-state index in [0.29, 0.717) is 80.0 Å². The van der Waals surface area contributed by atoms with Crippen molar-refractivity contribution in [1.82, 2.24) is 29.6 Å². The number of nitrogens with zero attached hydrogens (tertiary/aromatic N) is 7. The van der Waals surface area contributed by atoms with E-state index >= 15 is 0 Å². The Kier molecular flexibility index (Phi) is 7.86. The van der Waals surface area contributed by atoms with Gasteiger partial charge in [-0.2, -0.15) is 15.1 Å². The Morgan fingerprint density at radius 2 is 1.93 bits per heavy atom. The molecule has 1 aromatic carbocycles. The maximum Gasteiger partial charge on any atom is 0.291 e. The van der Waals surface area contributed by atoms with Crippen molar-refractivity contribution in [2.24, 2.45) is 5.92 Å². The van der Waals surface area contributed by atoms with E-state index in [2.05, 4.69) is 21.0 Å². The van der Waals surface area contributed by atoms with Gasteiger partial charge in [0.1, 0.15) is 11.2 Å². The quantitative estimate of drug-likeness (QED) is 0.391. The first-order chi connectivity index (χ1) is 20.5. The van der Waals surface area contributed by atoms with Crippen molar-refractivity contribution in [2.45, 2.75) is 69.0 Å². The number of alkyl halides is 2. The molecule has 12 nitrogen and oxygen atoms in total. The fourth-order valence-corrected chi connectivity index (χ4v) is 7.65. The van der Waals surface area contributed by atoms with E-state index in [0.717, 1.165) is 12.8 Å². The monoisotopic (exact) mass is 634 g/mol.